The monoisotopic (exact) mass is 666 g/mol. The van der Waals surface area contributed by atoms with E-state index in [0.29, 0.717) is 56.0 Å². The lowest BCUT2D eigenvalue weighted by Crippen LogP contribution is -2.38. The van der Waals surface area contributed by atoms with Gasteiger partial charge in [-0.2, -0.15) is 13.2 Å². The summed E-state index contributed by atoms with van der Waals surface area (Å²) in [5, 5.41) is 20.7. The fourth-order valence-corrected chi connectivity index (χ4v) is 6.89. The molecule has 10 nitrogen and oxygen atoms in total. The second-order valence-electron chi connectivity index (χ2n) is 12.0. The van der Waals surface area contributed by atoms with Gasteiger partial charge in [-0.1, -0.05) is 30.3 Å². The molecule has 2 fully saturated rings. The van der Waals surface area contributed by atoms with Crippen LogP contribution >= 0.6 is 11.3 Å². The number of rotatable bonds is 9. The number of alkyl carbamates (subject to hydrolysis) is 1. The lowest BCUT2D eigenvalue weighted by molar-refractivity contribution is -0.141. The van der Waals surface area contributed by atoms with Crippen LogP contribution in [0.15, 0.2) is 60.9 Å². The van der Waals surface area contributed by atoms with Crippen LogP contribution in [0, 0.1) is 12.8 Å². The molecule has 1 saturated carbocycles. The van der Waals surface area contributed by atoms with Crippen molar-refractivity contribution in [2.24, 2.45) is 5.92 Å². The van der Waals surface area contributed by atoms with Crippen molar-refractivity contribution in [2.75, 3.05) is 11.9 Å². The molecule has 2 aromatic carbocycles. The quantitative estimate of drug-likeness (QED) is 0.170. The molecule has 4 N–H and O–H groups in total. The molecule has 0 unspecified atom stereocenters. The molecule has 1 aliphatic carbocycles. The number of carbonyl (C=O) groups is 2. The maximum atomic E-state index is 13.1. The van der Waals surface area contributed by atoms with E-state index in [2.05, 4.69) is 30.9 Å². The fourth-order valence-electron chi connectivity index (χ4n) is 5.85. The third kappa shape index (κ3) is 7.88. The number of benzene rings is 2. The molecule has 47 heavy (non-hydrogen) atoms. The van der Waals surface area contributed by atoms with Crippen LogP contribution in [0.25, 0.3) is 10.4 Å². The van der Waals surface area contributed by atoms with Gasteiger partial charge in [0.2, 0.25) is 11.9 Å². The fraction of sp³-hybridized carbons (Fsp3) is 0.364. The van der Waals surface area contributed by atoms with Crippen molar-refractivity contribution in [1.29, 1.82) is 0 Å². The number of ether oxygens (including phenoxy) is 1. The SMILES string of the molecule is Cc1cc(Nc2nccc(C(F)(F)F)n2)cc(-c2cnc([C@]3(O)CC[C@H](C(=O)NCc4ccc(C[C@@H]5COC(=O)N5)cc4)CC3)s2)c1. The van der Waals surface area contributed by atoms with Gasteiger partial charge in [0.05, 0.1) is 10.9 Å². The molecule has 1 atom stereocenters. The average molecular weight is 667 g/mol. The van der Waals surface area contributed by atoms with E-state index in [9.17, 15) is 27.9 Å². The van der Waals surface area contributed by atoms with Crippen molar-refractivity contribution in [1.82, 2.24) is 25.6 Å². The average Bonchev–Trinajstić information content (AvgIpc) is 3.70. The number of aryl methyl sites for hydroxylation is 1. The Kier molecular flexibility index (Phi) is 9.15. The number of aliphatic hydroxyl groups is 1. The zero-order valence-corrected chi connectivity index (χ0v) is 26.3. The van der Waals surface area contributed by atoms with Crippen molar-refractivity contribution in [3.8, 4) is 10.4 Å². The minimum atomic E-state index is -4.58. The van der Waals surface area contributed by atoms with E-state index in [1.165, 1.54) is 11.3 Å². The Morgan fingerprint density at radius 2 is 1.85 bits per heavy atom. The van der Waals surface area contributed by atoms with Gasteiger partial charge in [-0.25, -0.2) is 19.7 Å². The maximum Gasteiger partial charge on any atom is 0.433 e. The summed E-state index contributed by atoms with van der Waals surface area (Å²) in [4.78, 5) is 37.0. The highest BCUT2D eigenvalue weighted by Gasteiger charge is 2.39. The normalized spacial score (nSPS) is 21.2. The lowest BCUT2D eigenvalue weighted by atomic mass is 9.78. The first-order valence-corrected chi connectivity index (χ1v) is 16.0. The van der Waals surface area contributed by atoms with Crippen LogP contribution in [0.4, 0.5) is 29.6 Å². The smallest absolute Gasteiger partial charge is 0.433 e. The number of hydrogen-bond donors (Lipinski definition) is 4. The molecule has 2 aromatic heterocycles. The first-order chi connectivity index (χ1) is 22.4. The summed E-state index contributed by atoms with van der Waals surface area (Å²) in [6, 6.07) is 14.1. The molecule has 2 amide bonds. The Morgan fingerprint density at radius 1 is 1.11 bits per heavy atom. The highest BCUT2D eigenvalue weighted by molar-refractivity contribution is 7.15. The van der Waals surface area contributed by atoms with E-state index in [1.807, 2.05) is 37.3 Å². The van der Waals surface area contributed by atoms with Crippen LogP contribution in [0.1, 0.15) is 53.1 Å². The number of nitrogens with one attached hydrogen (secondary N) is 3. The summed E-state index contributed by atoms with van der Waals surface area (Å²) < 4.78 is 44.2. The summed E-state index contributed by atoms with van der Waals surface area (Å²) in [7, 11) is 0. The number of aromatic nitrogens is 3. The molecule has 1 saturated heterocycles. The van der Waals surface area contributed by atoms with E-state index in [4.69, 9.17) is 4.74 Å². The van der Waals surface area contributed by atoms with E-state index in [-0.39, 0.29) is 23.8 Å². The molecular weight excluding hydrogens is 633 g/mol. The van der Waals surface area contributed by atoms with Gasteiger partial charge < -0.3 is 25.8 Å². The van der Waals surface area contributed by atoms with Gasteiger partial charge in [0.15, 0.2) is 0 Å². The third-order valence-corrected chi connectivity index (χ3v) is 9.60. The number of carbonyl (C=O) groups excluding carboxylic acids is 2. The maximum absolute atomic E-state index is 13.1. The zero-order valence-electron chi connectivity index (χ0n) is 25.4. The molecule has 6 rings (SSSR count). The molecular formula is C33H33F3N6O4S. The Labute approximate surface area is 272 Å². The first kappa shape index (κ1) is 32.4. The van der Waals surface area contributed by atoms with Crippen molar-refractivity contribution in [3.63, 3.8) is 0 Å². The molecule has 3 heterocycles. The standard InChI is InChI=1S/C33H33F3N6O4S/c1-19-12-23(15-24(13-19)40-30-37-11-8-27(42-30)33(34,35)36)26-17-39-29(47-26)32(45)9-6-22(7-10-32)28(43)38-16-21-4-2-20(3-5-21)14-25-18-46-31(44)41-25/h2-5,8,11-13,15,17,22,25,45H,6-7,9-10,14,16,18H2,1H3,(H,38,43)(H,41,44)(H,37,40,42)/t22-,25-,32-/m1/s1. The predicted octanol–water partition coefficient (Wildman–Crippen LogP) is 6.02. The van der Waals surface area contributed by atoms with Crippen LogP contribution in [0.2, 0.25) is 0 Å². The number of alkyl halides is 3. The molecule has 4 aromatic rings. The zero-order chi connectivity index (χ0) is 33.2. The number of cyclic esters (lactones) is 1. The minimum Gasteiger partial charge on any atom is -0.447 e. The number of thiazole rings is 1. The van der Waals surface area contributed by atoms with Gasteiger partial charge in [0.1, 0.15) is 22.9 Å². The second kappa shape index (κ2) is 13.3. The molecule has 14 heteroatoms. The van der Waals surface area contributed by atoms with E-state index in [1.54, 1.807) is 18.3 Å². The van der Waals surface area contributed by atoms with Crippen LogP contribution in [-0.4, -0.2) is 44.7 Å². The van der Waals surface area contributed by atoms with E-state index < -0.39 is 23.6 Å². The minimum absolute atomic E-state index is 0.0385. The Bertz CT molecular complexity index is 1760. The van der Waals surface area contributed by atoms with E-state index >= 15 is 0 Å². The van der Waals surface area contributed by atoms with Crippen molar-refractivity contribution >= 4 is 35.0 Å². The third-order valence-electron chi connectivity index (χ3n) is 8.36. The summed E-state index contributed by atoms with van der Waals surface area (Å²) in [6.07, 6.45) is 0.243. The Hall–Kier alpha value is -4.56. The largest absolute Gasteiger partial charge is 0.447 e. The summed E-state index contributed by atoms with van der Waals surface area (Å²) >= 11 is 1.35. The van der Waals surface area contributed by atoms with Gasteiger partial charge >= 0.3 is 12.3 Å². The number of anilines is 2. The summed E-state index contributed by atoms with van der Waals surface area (Å²) in [5.41, 5.74) is 2.01. The molecule has 0 bridgehead atoms. The number of halogens is 3. The molecule has 0 spiro atoms. The van der Waals surface area contributed by atoms with Gasteiger partial charge in [-0.05, 0) is 79.5 Å². The van der Waals surface area contributed by atoms with Crippen molar-refractivity contribution in [2.45, 2.75) is 63.4 Å². The molecule has 1 aliphatic heterocycles. The first-order valence-electron chi connectivity index (χ1n) is 15.2. The number of amides is 2. The van der Waals surface area contributed by atoms with Crippen LogP contribution in [0.3, 0.4) is 0 Å². The van der Waals surface area contributed by atoms with Crippen LogP contribution in [0.5, 0.6) is 0 Å². The number of hydrogen-bond acceptors (Lipinski definition) is 9. The van der Waals surface area contributed by atoms with E-state index in [0.717, 1.165) is 39.4 Å². The summed E-state index contributed by atoms with van der Waals surface area (Å²) in [6.45, 7) is 2.62. The molecule has 246 valence electrons. The Balaban J connectivity index is 1.03. The lowest BCUT2D eigenvalue weighted by Gasteiger charge is -2.33. The van der Waals surface area contributed by atoms with Gasteiger partial charge in [0, 0.05) is 30.5 Å². The predicted molar refractivity (Wildman–Crippen MR) is 169 cm³/mol. The summed E-state index contributed by atoms with van der Waals surface area (Å²) in [5.74, 6) is -0.438. The topological polar surface area (TPSA) is 138 Å². The van der Waals surface area contributed by atoms with Gasteiger partial charge in [-0.15, -0.1) is 11.3 Å². The highest BCUT2D eigenvalue weighted by Crippen LogP contribution is 2.43. The van der Waals surface area contributed by atoms with Crippen LogP contribution < -0.4 is 16.0 Å². The highest BCUT2D eigenvalue weighted by atomic mass is 32.1. The van der Waals surface area contributed by atoms with Crippen LogP contribution in [-0.2, 0) is 34.3 Å². The van der Waals surface area contributed by atoms with Crippen molar-refractivity contribution in [3.05, 3.63) is 88.3 Å². The second-order valence-corrected chi connectivity index (χ2v) is 13.0. The number of nitrogens with zero attached hydrogens (tertiary/aromatic N) is 3. The van der Waals surface area contributed by atoms with Gasteiger partial charge in [-0.3, -0.25) is 4.79 Å². The molecule has 2 aliphatic rings. The molecule has 0 radical (unpaired) electrons. The van der Waals surface area contributed by atoms with Crippen molar-refractivity contribution < 1.29 is 32.6 Å². The van der Waals surface area contributed by atoms with Gasteiger partial charge in [0.25, 0.3) is 0 Å². The Morgan fingerprint density at radius 3 is 2.55 bits per heavy atom.